The summed E-state index contributed by atoms with van der Waals surface area (Å²) in [4.78, 5) is 30.0. The summed E-state index contributed by atoms with van der Waals surface area (Å²) in [5.41, 5.74) is 1.10. The van der Waals surface area contributed by atoms with Gasteiger partial charge >= 0.3 is 0 Å². The molecule has 6 heteroatoms. The summed E-state index contributed by atoms with van der Waals surface area (Å²) in [6.07, 6.45) is 0. The van der Waals surface area contributed by atoms with Crippen LogP contribution >= 0.6 is 0 Å². The minimum absolute atomic E-state index is 0.0128. The van der Waals surface area contributed by atoms with E-state index in [0.29, 0.717) is 11.1 Å². The largest absolute Gasteiger partial charge is 0.413 e. The minimum Gasteiger partial charge on any atom is -0.413 e. The molecule has 24 heavy (non-hydrogen) atoms. The highest BCUT2D eigenvalue weighted by atomic mass is 19.1. The van der Waals surface area contributed by atoms with E-state index < -0.39 is 17.3 Å². The van der Waals surface area contributed by atoms with Gasteiger partial charge in [-0.25, -0.2) is 4.39 Å². The van der Waals surface area contributed by atoms with Gasteiger partial charge in [0.2, 0.25) is 0 Å². The summed E-state index contributed by atoms with van der Waals surface area (Å²) in [6.45, 7) is 1.94. The van der Waals surface area contributed by atoms with Crippen LogP contribution in [0.4, 0.5) is 10.1 Å². The van der Waals surface area contributed by atoms with Crippen LogP contribution in [0, 0.1) is 12.7 Å². The van der Waals surface area contributed by atoms with Gasteiger partial charge in [0.15, 0.2) is 0 Å². The lowest BCUT2D eigenvalue weighted by Crippen LogP contribution is -2.32. The molecular formula is C18H15FN2O3. The van der Waals surface area contributed by atoms with Gasteiger partial charge in [0, 0.05) is 5.69 Å². The molecular weight excluding hydrogens is 311 g/mol. The lowest BCUT2D eigenvalue weighted by Gasteiger charge is -2.13. The van der Waals surface area contributed by atoms with Crippen molar-refractivity contribution >= 4 is 22.4 Å². The number of halogens is 1. The third-order valence-electron chi connectivity index (χ3n) is 3.66. The number of fused-ring (bicyclic) bond motifs is 1. The van der Waals surface area contributed by atoms with E-state index in [0.717, 1.165) is 10.3 Å². The fourth-order valence-corrected chi connectivity index (χ4v) is 2.44. The SMILES string of the molecule is COn1c(C(=O)Nc2ccc(C)cc2)cc2cc(F)ccc2c1=O. The summed E-state index contributed by atoms with van der Waals surface area (Å²) in [5.74, 6) is -1.01. The molecule has 0 aliphatic heterocycles. The molecule has 122 valence electrons. The Balaban J connectivity index is 2.08. The molecule has 0 bridgehead atoms. The average Bonchev–Trinajstić information content (AvgIpc) is 2.56. The van der Waals surface area contributed by atoms with Crippen molar-refractivity contribution in [3.05, 3.63) is 76.0 Å². The number of aromatic nitrogens is 1. The maximum absolute atomic E-state index is 13.4. The lowest BCUT2D eigenvalue weighted by molar-refractivity contribution is 0.0952. The zero-order valence-electron chi connectivity index (χ0n) is 13.2. The molecule has 1 aromatic heterocycles. The minimum atomic E-state index is -0.524. The van der Waals surface area contributed by atoms with Gasteiger partial charge in [0.1, 0.15) is 18.6 Å². The maximum atomic E-state index is 13.4. The van der Waals surface area contributed by atoms with Crippen molar-refractivity contribution in [2.24, 2.45) is 0 Å². The van der Waals surface area contributed by atoms with Crippen molar-refractivity contribution in [3.8, 4) is 0 Å². The predicted octanol–water partition coefficient (Wildman–Crippen LogP) is 2.76. The van der Waals surface area contributed by atoms with Gasteiger partial charge in [-0.3, -0.25) is 9.59 Å². The van der Waals surface area contributed by atoms with Gasteiger partial charge in [0.05, 0.1) is 5.39 Å². The summed E-state index contributed by atoms with van der Waals surface area (Å²) < 4.78 is 14.3. The third-order valence-corrected chi connectivity index (χ3v) is 3.66. The second kappa shape index (κ2) is 6.16. The Morgan fingerprint density at radius 2 is 1.83 bits per heavy atom. The molecule has 3 aromatic rings. The smallest absolute Gasteiger partial charge is 0.291 e. The van der Waals surface area contributed by atoms with Crippen LogP contribution in [0.5, 0.6) is 0 Å². The number of pyridine rings is 1. The molecule has 1 N–H and O–H groups in total. The number of aryl methyl sites for hydroxylation is 1. The molecule has 0 unspecified atom stereocenters. The second-order valence-electron chi connectivity index (χ2n) is 5.36. The van der Waals surface area contributed by atoms with Crippen LogP contribution in [0.3, 0.4) is 0 Å². The quantitative estimate of drug-likeness (QED) is 0.805. The van der Waals surface area contributed by atoms with Gasteiger partial charge in [-0.1, -0.05) is 17.7 Å². The predicted molar refractivity (Wildman–Crippen MR) is 89.8 cm³/mol. The number of rotatable bonds is 3. The number of amides is 1. The summed E-state index contributed by atoms with van der Waals surface area (Å²) in [7, 11) is 1.29. The number of carbonyl (C=O) groups is 1. The first-order chi connectivity index (χ1) is 11.5. The van der Waals surface area contributed by atoms with E-state index in [1.54, 1.807) is 12.1 Å². The van der Waals surface area contributed by atoms with Crippen LogP contribution in [0.15, 0.2) is 53.3 Å². The monoisotopic (exact) mass is 326 g/mol. The van der Waals surface area contributed by atoms with E-state index in [4.69, 9.17) is 4.84 Å². The number of carbonyl (C=O) groups excluding carboxylic acids is 1. The summed E-state index contributed by atoms with van der Waals surface area (Å²) >= 11 is 0. The Kier molecular flexibility index (Phi) is 4.04. The molecule has 0 spiro atoms. The number of hydrogen-bond acceptors (Lipinski definition) is 3. The van der Waals surface area contributed by atoms with E-state index in [1.165, 1.54) is 31.4 Å². The van der Waals surface area contributed by atoms with Crippen molar-refractivity contribution in [2.75, 3.05) is 12.4 Å². The van der Waals surface area contributed by atoms with Crippen molar-refractivity contribution < 1.29 is 14.0 Å². The molecule has 0 radical (unpaired) electrons. The van der Waals surface area contributed by atoms with Crippen LogP contribution in [-0.2, 0) is 0 Å². The highest BCUT2D eigenvalue weighted by molar-refractivity contribution is 6.05. The second-order valence-corrected chi connectivity index (χ2v) is 5.36. The van der Waals surface area contributed by atoms with Crippen LogP contribution in [0.25, 0.3) is 10.8 Å². The molecule has 0 aliphatic rings. The molecule has 0 atom stereocenters. The maximum Gasteiger partial charge on any atom is 0.291 e. The van der Waals surface area contributed by atoms with Crippen molar-refractivity contribution in [2.45, 2.75) is 6.92 Å². The standard InChI is InChI=1S/C18H15FN2O3/c1-11-3-6-14(7-4-11)20-17(22)16-10-12-9-13(19)5-8-15(12)18(23)21(16)24-2/h3-10H,1-2H3,(H,20,22). The van der Waals surface area contributed by atoms with Crippen molar-refractivity contribution in [3.63, 3.8) is 0 Å². The summed E-state index contributed by atoms with van der Waals surface area (Å²) in [6, 6.07) is 12.4. The Morgan fingerprint density at radius 3 is 2.50 bits per heavy atom. The number of anilines is 1. The van der Waals surface area contributed by atoms with Crippen LogP contribution in [0.2, 0.25) is 0 Å². The average molecular weight is 326 g/mol. The molecule has 1 amide bonds. The fourth-order valence-electron chi connectivity index (χ4n) is 2.44. The normalized spacial score (nSPS) is 10.6. The molecule has 0 aliphatic carbocycles. The Hall–Kier alpha value is -3.15. The first-order valence-electron chi connectivity index (χ1n) is 7.27. The van der Waals surface area contributed by atoms with Gasteiger partial charge < -0.3 is 10.2 Å². The van der Waals surface area contributed by atoms with Gasteiger partial charge in [0.25, 0.3) is 11.5 Å². The lowest BCUT2D eigenvalue weighted by atomic mass is 10.1. The van der Waals surface area contributed by atoms with Crippen LogP contribution in [0.1, 0.15) is 16.1 Å². The van der Waals surface area contributed by atoms with Crippen molar-refractivity contribution in [1.82, 2.24) is 4.73 Å². The molecule has 3 rings (SSSR count). The van der Waals surface area contributed by atoms with Crippen LogP contribution < -0.4 is 15.7 Å². The van der Waals surface area contributed by atoms with Gasteiger partial charge in [-0.2, -0.15) is 0 Å². The molecule has 0 saturated carbocycles. The van der Waals surface area contributed by atoms with Crippen molar-refractivity contribution in [1.29, 1.82) is 0 Å². The van der Waals surface area contributed by atoms with Crippen LogP contribution in [-0.4, -0.2) is 17.7 Å². The van der Waals surface area contributed by atoms with E-state index >= 15 is 0 Å². The van der Waals surface area contributed by atoms with E-state index in [-0.39, 0.29) is 11.1 Å². The van der Waals surface area contributed by atoms with E-state index in [1.807, 2.05) is 19.1 Å². The van der Waals surface area contributed by atoms with Gasteiger partial charge in [-0.15, -0.1) is 4.73 Å². The molecule has 5 nitrogen and oxygen atoms in total. The molecule has 1 heterocycles. The highest BCUT2D eigenvalue weighted by Gasteiger charge is 2.17. The molecule has 0 fully saturated rings. The van der Waals surface area contributed by atoms with E-state index in [9.17, 15) is 14.0 Å². The van der Waals surface area contributed by atoms with E-state index in [2.05, 4.69) is 5.32 Å². The fraction of sp³-hybridized carbons (Fsp3) is 0.111. The topological polar surface area (TPSA) is 60.3 Å². The number of benzene rings is 2. The number of nitrogens with one attached hydrogen (secondary N) is 1. The number of hydrogen-bond donors (Lipinski definition) is 1. The summed E-state index contributed by atoms with van der Waals surface area (Å²) in [5, 5.41) is 3.30. The number of nitrogens with zero attached hydrogens (tertiary/aromatic N) is 1. The zero-order valence-corrected chi connectivity index (χ0v) is 13.2. The first kappa shape index (κ1) is 15.7. The Labute approximate surface area is 137 Å². The highest BCUT2D eigenvalue weighted by Crippen LogP contribution is 2.16. The third kappa shape index (κ3) is 2.86. The molecule has 2 aromatic carbocycles. The Bertz CT molecular complexity index is 978. The zero-order chi connectivity index (χ0) is 17.3. The molecule has 0 saturated heterocycles. The Morgan fingerprint density at radius 1 is 1.12 bits per heavy atom. The first-order valence-corrected chi connectivity index (χ1v) is 7.27. The van der Waals surface area contributed by atoms with Gasteiger partial charge in [-0.05, 0) is 48.7 Å².